The van der Waals surface area contributed by atoms with Crippen LogP contribution in [0.2, 0.25) is 0 Å². The van der Waals surface area contributed by atoms with Gasteiger partial charge in [0.25, 0.3) is 11.6 Å². The van der Waals surface area contributed by atoms with E-state index < -0.39 is 4.92 Å². The topological polar surface area (TPSA) is 95.4 Å². The highest BCUT2D eigenvalue weighted by molar-refractivity contribution is 6.05. The molecule has 0 unspecified atom stereocenters. The molecule has 4 aromatic rings. The van der Waals surface area contributed by atoms with Crippen molar-refractivity contribution in [2.24, 2.45) is 0 Å². The highest BCUT2D eigenvalue weighted by Crippen LogP contribution is 2.30. The minimum atomic E-state index is -0.466. The van der Waals surface area contributed by atoms with Crippen LogP contribution >= 0.6 is 0 Å². The lowest BCUT2D eigenvalue weighted by molar-refractivity contribution is -0.384. The summed E-state index contributed by atoms with van der Waals surface area (Å²) in [6, 6.07) is 25.3. The molecular weight excluding hydrogens is 418 g/mol. The summed E-state index contributed by atoms with van der Waals surface area (Å²) in [5.74, 6) is -0.211. The van der Waals surface area contributed by atoms with Gasteiger partial charge < -0.3 is 4.90 Å². The lowest BCUT2D eigenvalue weighted by Crippen LogP contribution is -2.50. The van der Waals surface area contributed by atoms with Gasteiger partial charge in [-0.15, -0.1) is 0 Å². The molecule has 0 aliphatic carbocycles. The third-order valence-electron chi connectivity index (χ3n) is 6.16. The van der Waals surface area contributed by atoms with Crippen LogP contribution in [-0.4, -0.2) is 57.0 Å². The Morgan fingerprint density at radius 3 is 2.09 bits per heavy atom. The van der Waals surface area contributed by atoms with Gasteiger partial charge in [0.15, 0.2) is 5.69 Å². The second kappa shape index (κ2) is 8.84. The van der Waals surface area contributed by atoms with Gasteiger partial charge >= 0.3 is 0 Å². The molecule has 3 aromatic carbocycles. The standard InChI is InChI=1S/C25H23N5O3/c31-25(23-21-17-20(30(32)33)11-12-22(21)26-27-23)29-15-13-28(14-16-29)24(18-7-3-1-4-8-18)19-9-5-2-6-10-19/h1-12,17,24H,13-16H2,(H,26,27). The molecule has 5 rings (SSSR count). The molecule has 0 bridgehead atoms. The average molecular weight is 441 g/mol. The van der Waals surface area contributed by atoms with E-state index in [-0.39, 0.29) is 23.3 Å². The highest BCUT2D eigenvalue weighted by Gasteiger charge is 2.30. The first kappa shape index (κ1) is 20.8. The van der Waals surface area contributed by atoms with Crippen molar-refractivity contribution in [3.05, 3.63) is 106 Å². The van der Waals surface area contributed by atoms with Gasteiger partial charge in [-0.2, -0.15) is 5.10 Å². The second-order valence-corrected chi connectivity index (χ2v) is 8.11. The molecular formula is C25H23N5O3. The Morgan fingerprint density at radius 2 is 1.52 bits per heavy atom. The number of hydrogen-bond acceptors (Lipinski definition) is 5. The molecule has 0 spiro atoms. The van der Waals surface area contributed by atoms with E-state index in [0.717, 1.165) is 0 Å². The molecule has 0 atom stereocenters. The van der Waals surface area contributed by atoms with E-state index in [1.54, 1.807) is 11.0 Å². The molecule has 1 aliphatic heterocycles. The van der Waals surface area contributed by atoms with Crippen LogP contribution < -0.4 is 0 Å². The van der Waals surface area contributed by atoms with Crippen molar-refractivity contribution >= 4 is 22.5 Å². The third kappa shape index (κ3) is 4.08. The van der Waals surface area contributed by atoms with E-state index in [1.165, 1.54) is 23.3 Å². The number of aromatic nitrogens is 2. The number of nitro benzene ring substituents is 1. The fraction of sp³-hybridized carbons (Fsp3) is 0.200. The number of amides is 1. The van der Waals surface area contributed by atoms with Crippen LogP contribution in [0.5, 0.6) is 0 Å². The summed E-state index contributed by atoms with van der Waals surface area (Å²) in [5.41, 5.74) is 3.21. The summed E-state index contributed by atoms with van der Waals surface area (Å²) >= 11 is 0. The number of nitrogens with zero attached hydrogens (tertiary/aromatic N) is 4. The van der Waals surface area contributed by atoms with Crippen molar-refractivity contribution in [3.8, 4) is 0 Å². The first-order valence-electron chi connectivity index (χ1n) is 10.9. The molecule has 0 saturated carbocycles. The smallest absolute Gasteiger partial charge is 0.275 e. The normalized spacial score (nSPS) is 14.6. The number of hydrogen-bond donors (Lipinski definition) is 1. The number of piperazine rings is 1. The molecule has 1 aliphatic rings. The summed E-state index contributed by atoms with van der Waals surface area (Å²) in [6.45, 7) is 2.53. The zero-order valence-corrected chi connectivity index (χ0v) is 17.9. The van der Waals surface area contributed by atoms with Crippen LogP contribution in [0.1, 0.15) is 27.7 Å². The molecule has 1 saturated heterocycles. The first-order chi connectivity index (χ1) is 16.1. The van der Waals surface area contributed by atoms with Crippen LogP contribution in [-0.2, 0) is 0 Å². The largest absolute Gasteiger partial charge is 0.335 e. The Balaban J connectivity index is 1.36. The molecule has 166 valence electrons. The van der Waals surface area contributed by atoms with Crippen molar-refractivity contribution < 1.29 is 9.72 Å². The summed E-state index contributed by atoms with van der Waals surface area (Å²) in [7, 11) is 0. The van der Waals surface area contributed by atoms with Crippen molar-refractivity contribution in [1.82, 2.24) is 20.0 Å². The van der Waals surface area contributed by atoms with Crippen LogP contribution in [0.15, 0.2) is 78.9 Å². The molecule has 1 fully saturated rings. The number of H-pyrrole nitrogens is 1. The molecule has 1 aromatic heterocycles. The van der Waals surface area contributed by atoms with E-state index in [2.05, 4.69) is 39.4 Å². The SMILES string of the molecule is O=C(c1n[nH]c2ccc([N+](=O)[O-])cc12)N1CCN(C(c2ccccc2)c2ccccc2)CC1. The number of benzene rings is 3. The van der Waals surface area contributed by atoms with Crippen LogP contribution in [0.4, 0.5) is 5.69 Å². The van der Waals surface area contributed by atoms with E-state index in [4.69, 9.17) is 0 Å². The van der Waals surface area contributed by atoms with Gasteiger partial charge in [0.1, 0.15) is 0 Å². The predicted octanol–water partition coefficient (Wildman–Crippen LogP) is 4.02. The maximum atomic E-state index is 13.2. The fourth-order valence-corrected chi connectivity index (χ4v) is 4.50. The van der Waals surface area contributed by atoms with Crippen LogP contribution in [0.25, 0.3) is 10.9 Å². The minimum absolute atomic E-state index is 0.0590. The van der Waals surface area contributed by atoms with E-state index in [0.29, 0.717) is 37.1 Å². The number of non-ortho nitro benzene ring substituents is 1. The number of carbonyl (C=O) groups is 1. The minimum Gasteiger partial charge on any atom is -0.335 e. The van der Waals surface area contributed by atoms with Crippen LogP contribution in [0, 0.1) is 10.1 Å². The second-order valence-electron chi connectivity index (χ2n) is 8.11. The van der Waals surface area contributed by atoms with Gasteiger partial charge in [0.05, 0.1) is 16.5 Å². The number of nitrogens with one attached hydrogen (secondary N) is 1. The third-order valence-corrected chi connectivity index (χ3v) is 6.16. The Bertz CT molecular complexity index is 1240. The van der Waals surface area contributed by atoms with E-state index >= 15 is 0 Å². The van der Waals surface area contributed by atoms with Crippen molar-refractivity contribution in [2.75, 3.05) is 26.2 Å². The lowest BCUT2D eigenvalue weighted by Gasteiger charge is -2.39. The number of rotatable bonds is 5. The van der Waals surface area contributed by atoms with E-state index in [9.17, 15) is 14.9 Å². The Hall–Kier alpha value is -4.04. The van der Waals surface area contributed by atoms with Crippen molar-refractivity contribution in [3.63, 3.8) is 0 Å². The predicted molar refractivity (Wildman–Crippen MR) is 125 cm³/mol. The van der Waals surface area contributed by atoms with Gasteiger partial charge in [-0.1, -0.05) is 60.7 Å². The van der Waals surface area contributed by atoms with Crippen molar-refractivity contribution in [2.45, 2.75) is 6.04 Å². The van der Waals surface area contributed by atoms with Crippen LogP contribution in [0.3, 0.4) is 0 Å². The average Bonchev–Trinajstić information content (AvgIpc) is 3.29. The first-order valence-corrected chi connectivity index (χ1v) is 10.9. The molecule has 0 radical (unpaired) electrons. The number of aromatic amines is 1. The van der Waals surface area contributed by atoms with E-state index in [1.807, 2.05) is 36.4 Å². The number of fused-ring (bicyclic) bond motifs is 1. The van der Waals surface area contributed by atoms with Gasteiger partial charge in [-0.05, 0) is 17.2 Å². The molecule has 33 heavy (non-hydrogen) atoms. The molecule has 1 N–H and O–H groups in total. The summed E-state index contributed by atoms with van der Waals surface area (Å²) in [5, 5.41) is 18.6. The zero-order chi connectivity index (χ0) is 22.8. The van der Waals surface area contributed by atoms with Gasteiger partial charge in [0, 0.05) is 43.7 Å². The summed E-state index contributed by atoms with van der Waals surface area (Å²) < 4.78 is 0. The number of nitro groups is 1. The molecule has 8 heteroatoms. The maximum absolute atomic E-state index is 13.2. The van der Waals surface area contributed by atoms with Gasteiger partial charge in [-0.3, -0.25) is 24.9 Å². The summed E-state index contributed by atoms with van der Waals surface area (Å²) in [4.78, 5) is 28.1. The molecule has 8 nitrogen and oxygen atoms in total. The lowest BCUT2D eigenvalue weighted by atomic mass is 9.96. The van der Waals surface area contributed by atoms with Crippen molar-refractivity contribution in [1.29, 1.82) is 0 Å². The summed E-state index contributed by atoms with van der Waals surface area (Å²) in [6.07, 6.45) is 0. The Labute approximate surface area is 190 Å². The number of carbonyl (C=O) groups excluding carboxylic acids is 1. The Kier molecular flexibility index (Phi) is 5.58. The zero-order valence-electron chi connectivity index (χ0n) is 17.9. The quantitative estimate of drug-likeness (QED) is 0.373. The molecule has 1 amide bonds. The fourth-order valence-electron chi connectivity index (χ4n) is 4.50. The monoisotopic (exact) mass is 441 g/mol. The van der Waals surface area contributed by atoms with Gasteiger partial charge in [0.2, 0.25) is 0 Å². The maximum Gasteiger partial charge on any atom is 0.275 e. The molecule has 2 heterocycles. The Morgan fingerprint density at radius 1 is 0.909 bits per heavy atom. The van der Waals surface area contributed by atoms with Gasteiger partial charge in [-0.25, -0.2) is 0 Å². The highest BCUT2D eigenvalue weighted by atomic mass is 16.6.